The summed E-state index contributed by atoms with van der Waals surface area (Å²) in [5.74, 6) is -0.801. The van der Waals surface area contributed by atoms with Crippen molar-refractivity contribution >= 4 is 5.97 Å². The summed E-state index contributed by atoms with van der Waals surface area (Å²) in [5, 5.41) is 17.0. The van der Waals surface area contributed by atoms with Crippen LogP contribution in [0.4, 0.5) is 0 Å². The van der Waals surface area contributed by atoms with Crippen LogP contribution in [-0.4, -0.2) is 13.1 Å². The highest BCUT2D eigenvalue weighted by molar-refractivity contribution is 5.64. The van der Waals surface area contributed by atoms with Crippen LogP contribution in [0.2, 0.25) is 0 Å². The Balaban J connectivity index is -0.0000000286. The van der Waals surface area contributed by atoms with Gasteiger partial charge in [0.25, 0.3) is 5.97 Å². The van der Waals surface area contributed by atoms with E-state index in [1.807, 2.05) is 0 Å². The highest BCUT2D eigenvalue weighted by Crippen LogP contribution is 1.54. The molecular formula is C3H14N2O4. The van der Waals surface area contributed by atoms with Crippen molar-refractivity contribution in [2.24, 2.45) is 0 Å². The third-order valence-corrected chi connectivity index (χ3v) is 0.117. The Morgan fingerprint density at radius 2 is 1.44 bits per heavy atom. The molecular weight excluding hydrogens is 128 g/mol. The van der Waals surface area contributed by atoms with Crippen LogP contribution in [0.5, 0.6) is 0 Å². The van der Waals surface area contributed by atoms with Crippen LogP contribution in [0.15, 0.2) is 0 Å². The van der Waals surface area contributed by atoms with E-state index in [0.717, 1.165) is 14.0 Å². The standard InChI is InChI=1S/C2H4O3.CH3O.2H3N/c1-2(3)5-4;1-2;;/h4H,1H3;1H3;2*1H3/q;-1;;/p+1. The van der Waals surface area contributed by atoms with Crippen molar-refractivity contribution in [1.29, 1.82) is 0 Å². The van der Waals surface area contributed by atoms with E-state index in [2.05, 4.69) is 4.89 Å². The lowest BCUT2D eigenvalue weighted by molar-refractivity contribution is -0.656. The zero-order valence-corrected chi connectivity index (χ0v) is 6.13. The molecule has 6 nitrogen and oxygen atoms in total. The lowest BCUT2D eigenvalue weighted by Gasteiger charge is -1.97. The summed E-state index contributed by atoms with van der Waals surface area (Å²) >= 11 is 0. The monoisotopic (exact) mass is 142 g/mol. The number of hydrogen-bond acceptors (Lipinski definition) is 4. The Labute approximate surface area is 53.5 Å². The maximum absolute atomic E-state index is 9.28. The molecule has 8 N–H and O–H groups in total. The van der Waals surface area contributed by atoms with Crippen LogP contribution in [-0.2, 0) is 9.68 Å². The zero-order valence-electron chi connectivity index (χ0n) is 6.13. The van der Waals surface area contributed by atoms with Gasteiger partial charge in [-0.15, -0.1) is 0 Å². The van der Waals surface area contributed by atoms with E-state index < -0.39 is 5.97 Å². The molecule has 0 spiro atoms. The molecule has 0 rings (SSSR count). The fraction of sp³-hybridized carbons (Fsp3) is 0.667. The first-order chi connectivity index (χ1) is 3.27. The van der Waals surface area contributed by atoms with Crippen LogP contribution in [0.1, 0.15) is 6.92 Å². The highest BCUT2D eigenvalue weighted by atomic mass is 17.1. The summed E-state index contributed by atoms with van der Waals surface area (Å²) in [6, 6.07) is 0. The smallest absolute Gasteiger partial charge is 0.296 e. The Kier molecular flexibility index (Phi) is 70.6. The first kappa shape index (κ1) is 23.9. The second-order valence-corrected chi connectivity index (χ2v) is 0.575. The molecule has 0 bridgehead atoms. The van der Waals surface area contributed by atoms with Crippen molar-refractivity contribution in [2.75, 3.05) is 7.11 Å². The zero-order chi connectivity index (χ0) is 6.28. The lowest BCUT2D eigenvalue weighted by atomic mass is 10.9. The van der Waals surface area contributed by atoms with Crippen LogP contribution < -0.4 is 22.7 Å². The van der Waals surface area contributed by atoms with Gasteiger partial charge in [0.1, 0.15) is 0 Å². The van der Waals surface area contributed by atoms with Crippen molar-refractivity contribution < 1.29 is 20.0 Å². The largest absolute Gasteiger partial charge is 0.857 e. The van der Waals surface area contributed by atoms with E-state index in [0.29, 0.717) is 0 Å². The maximum atomic E-state index is 9.28. The minimum Gasteiger partial charge on any atom is -0.857 e. The molecule has 60 valence electrons. The average Bonchev–Trinajstić information content (AvgIpc) is 1.73. The molecule has 0 aliphatic rings. The molecule has 0 aliphatic heterocycles. The summed E-state index contributed by atoms with van der Waals surface area (Å²) in [4.78, 5) is 12.1. The van der Waals surface area contributed by atoms with Crippen LogP contribution in [0, 0.1) is 0 Å². The van der Waals surface area contributed by atoms with Crippen LogP contribution >= 0.6 is 0 Å². The maximum Gasteiger partial charge on any atom is 0.296 e. The first-order valence-electron chi connectivity index (χ1n) is 1.48. The van der Waals surface area contributed by atoms with Gasteiger partial charge < -0.3 is 27.6 Å². The SMILES string of the molecule is CC(=O)O[O-].C[O-].[NH4+].[NH4+]. The molecule has 0 aromatic rings. The van der Waals surface area contributed by atoms with Gasteiger partial charge in [0, 0.05) is 6.92 Å². The predicted molar refractivity (Wildman–Crippen MR) is 29.7 cm³/mol. The Bertz CT molecular complexity index is 49.1. The van der Waals surface area contributed by atoms with Gasteiger partial charge in [0.15, 0.2) is 0 Å². The van der Waals surface area contributed by atoms with Gasteiger partial charge >= 0.3 is 0 Å². The molecule has 0 atom stereocenters. The summed E-state index contributed by atoms with van der Waals surface area (Å²) < 4.78 is 0. The fourth-order valence-corrected chi connectivity index (χ4v) is 0. The second kappa shape index (κ2) is 26.6. The van der Waals surface area contributed by atoms with Gasteiger partial charge in [-0.2, -0.15) is 7.11 Å². The van der Waals surface area contributed by atoms with E-state index in [4.69, 9.17) is 10.4 Å². The van der Waals surface area contributed by atoms with E-state index in [-0.39, 0.29) is 12.3 Å². The highest BCUT2D eigenvalue weighted by Gasteiger charge is 1.71. The van der Waals surface area contributed by atoms with Gasteiger partial charge in [-0.1, -0.05) is 0 Å². The van der Waals surface area contributed by atoms with Crippen LogP contribution in [0.25, 0.3) is 0 Å². The van der Waals surface area contributed by atoms with E-state index in [1.165, 1.54) is 0 Å². The molecule has 9 heavy (non-hydrogen) atoms. The number of hydrogen-bond donors (Lipinski definition) is 2. The summed E-state index contributed by atoms with van der Waals surface area (Å²) in [6.07, 6.45) is 0. The van der Waals surface area contributed by atoms with Gasteiger partial charge in [-0.25, -0.2) is 0 Å². The van der Waals surface area contributed by atoms with Crippen molar-refractivity contribution in [3.63, 3.8) is 0 Å². The molecule has 0 fully saturated rings. The topological polar surface area (TPSA) is 145 Å². The molecule has 0 aromatic heterocycles. The molecule has 0 saturated heterocycles. The molecule has 0 heterocycles. The number of quaternary nitrogens is 2. The molecule has 6 heteroatoms. The minimum absolute atomic E-state index is 0. The number of carbonyl (C=O) groups is 1. The third-order valence-electron chi connectivity index (χ3n) is 0.117. The van der Waals surface area contributed by atoms with E-state index in [1.54, 1.807) is 0 Å². The second-order valence-electron chi connectivity index (χ2n) is 0.575. The Morgan fingerprint density at radius 1 is 1.33 bits per heavy atom. The number of rotatable bonds is 0. The van der Waals surface area contributed by atoms with Crippen molar-refractivity contribution in [1.82, 2.24) is 12.3 Å². The number of carbonyl (C=O) groups excluding carboxylic acids is 1. The van der Waals surface area contributed by atoms with Gasteiger partial charge in [-0.3, -0.25) is 4.79 Å². The molecule has 0 aromatic carbocycles. The van der Waals surface area contributed by atoms with Gasteiger partial charge in [0.2, 0.25) is 0 Å². The van der Waals surface area contributed by atoms with E-state index in [9.17, 15) is 4.79 Å². The predicted octanol–water partition coefficient (Wildman–Crippen LogP) is -1.45. The molecule has 0 aliphatic carbocycles. The summed E-state index contributed by atoms with van der Waals surface area (Å²) in [7, 11) is 0.750. The summed E-state index contributed by atoms with van der Waals surface area (Å²) in [5.41, 5.74) is 0. The Morgan fingerprint density at radius 3 is 1.44 bits per heavy atom. The fourth-order valence-electron chi connectivity index (χ4n) is 0. The molecule has 0 radical (unpaired) electrons. The van der Waals surface area contributed by atoms with Crippen molar-refractivity contribution in [3.8, 4) is 0 Å². The van der Waals surface area contributed by atoms with Crippen molar-refractivity contribution in [2.45, 2.75) is 6.92 Å². The van der Waals surface area contributed by atoms with Crippen LogP contribution in [0.3, 0.4) is 0 Å². The van der Waals surface area contributed by atoms with E-state index >= 15 is 0 Å². The molecule has 0 saturated carbocycles. The summed E-state index contributed by atoms with van der Waals surface area (Å²) in [6.45, 7) is 1.05. The average molecular weight is 142 g/mol. The van der Waals surface area contributed by atoms with Gasteiger partial charge in [-0.05, 0) is 0 Å². The normalized spacial score (nSPS) is 4.44. The van der Waals surface area contributed by atoms with Crippen molar-refractivity contribution in [3.05, 3.63) is 0 Å². The molecule has 0 unspecified atom stereocenters. The molecule has 0 amide bonds. The lowest BCUT2D eigenvalue weighted by Crippen LogP contribution is -2.09. The minimum atomic E-state index is -0.801. The Hall–Kier alpha value is -0.690. The quantitative estimate of drug-likeness (QED) is 0.314. The first-order valence-corrected chi connectivity index (χ1v) is 1.48. The van der Waals surface area contributed by atoms with Gasteiger partial charge in [0.05, 0.1) is 0 Å². The third kappa shape index (κ3) is 120.